The summed E-state index contributed by atoms with van der Waals surface area (Å²) in [5.41, 5.74) is 5.16. The minimum Gasteiger partial charge on any atom is -0.376 e. The van der Waals surface area contributed by atoms with E-state index in [4.69, 9.17) is 0 Å². The molecule has 1 aromatic heterocycles. The highest BCUT2D eigenvalue weighted by Crippen LogP contribution is 2.12. The van der Waals surface area contributed by atoms with Gasteiger partial charge in [-0.05, 0) is 43.0 Å². The number of aryl methyl sites for hydroxylation is 3. The van der Waals surface area contributed by atoms with Crippen molar-refractivity contribution >= 4 is 5.69 Å². The van der Waals surface area contributed by atoms with Crippen LogP contribution in [0.2, 0.25) is 0 Å². The topological polar surface area (TPSA) is 44.9 Å². The maximum atomic E-state index is 11.9. The van der Waals surface area contributed by atoms with Gasteiger partial charge in [0, 0.05) is 12.2 Å². The van der Waals surface area contributed by atoms with Crippen LogP contribution in [0.4, 0.5) is 5.69 Å². The molecular formula is C16H20N2O. The largest absolute Gasteiger partial charge is 0.376 e. The lowest BCUT2D eigenvalue weighted by Gasteiger charge is -2.10. The standard InChI is InChI=1S/C16H20N2O/c1-4-13-9-15(16(19)18-12(13)3)17-10-14-8-6-5-7-11(14)2/h5-9,17H,4,10H2,1-3H3,(H,18,19). The normalized spacial score (nSPS) is 10.5. The quantitative estimate of drug-likeness (QED) is 0.882. The number of aromatic amines is 1. The molecule has 0 aliphatic rings. The maximum absolute atomic E-state index is 11.9. The van der Waals surface area contributed by atoms with Crippen molar-refractivity contribution in [3.8, 4) is 0 Å². The van der Waals surface area contributed by atoms with E-state index >= 15 is 0 Å². The number of H-pyrrole nitrogens is 1. The molecule has 0 saturated carbocycles. The first-order valence-corrected chi connectivity index (χ1v) is 6.63. The molecule has 0 atom stereocenters. The fourth-order valence-corrected chi connectivity index (χ4v) is 2.16. The van der Waals surface area contributed by atoms with Gasteiger partial charge in [0.25, 0.3) is 5.56 Å². The number of nitrogens with one attached hydrogen (secondary N) is 2. The van der Waals surface area contributed by atoms with Gasteiger partial charge in [-0.15, -0.1) is 0 Å². The molecule has 3 heteroatoms. The summed E-state index contributed by atoms with van der Waals surface area (Å²) in [6.07, 6.45) is 0.918. The third-order valence-electron chi connectivity index (χ3n) is 3.46. The first-order valence-electron chi connectivity index (χ1n) is 6.63. The Bertz CT molecular complexity index is 629. The summed E-state index contributed by atoms with van der Waals surface area (Å²) in [6.45, 7) is 6.77. The Kier molecular flexibility index (Phi) is 4.05. The Morgan fingerprint density at radius 3 is 2.58 bits per heavy atom. The molecular weight excluding hydrogens is 236 g/mol. The third kappa shape index (κ3) is 3.05. The summed E-state index contributed by atoms with van der Waals surface area (Å²) < 4.78 is 0. The van der Waals surface area contributed by atoms with E-state index in [-0.39, 0.29) is 5.56 Å². The minimum atomic E-state index is -0.0525. The number of anilines is 1. The molecule has 0 aliphatic heterocycles. The van der Waals surface area contributed by atoms with Crippen molar-refractivity contribution in [1.82, 2.24) is 4.98 Å². The van der Waals surface area contributed by atoms with Gasteiger partial charge in [-0.2, -0.15) is 0 Å². The molecule has 0 radical (unpaired) electrons. The van der Waals surface area contributed by atoms with Gasteiger partial charge in [0.2, 0.25) is 0 Å². The van der Waals surface area contributed by atoms with E-state index in [1.807, 2.05) is 25.1 Å². The number of hydrogen-bond acceptors (Lipinski definition) is 2. The Balaban J connectivity index is 2.20. The number of hydrogen-bond donors (Lipinski definition) is 2. The lowest BCUT2D eigenvalue weighted by molar-refractivity contribution is 1.01. The second kappa shape index (κ2) is 5.74. The van der Waals surface area contributed by atoms with Gasteiger partial charge in [-0.1, -0.05) is 31.2 Å². The summed E-state index contributed by atoms with van der Waals surface area (Å²) in [7, 11) is 0. The second-order valence-corrected chi connectivity index (χ2v) is 4.80. The van der Waals surface area contributed by atoms with Crippen LogP contribution in [-0.4, -0.2) is 4.98 Å². The average molecular weight is 256 g/mol. The predicted octanol–water partition coefficient (Wildman–Crippen LogP) is 3.17. The van der Waals surface area contributed by atoms with Crippen molar-refractivity contribution in [1.29, 1.82) is 0 Å². The van der Waals surface area contributed by atoms with Crippen LogP contribution in [0.1, 0.15) is 29.3 Å². The Morgan fingerprint density at radius 2 is 1.89 bits per heavy atom. The predicted molar refractivity (Wildman–Crippen MR) is 79.7 cm³/mol. The van der Waals surface area contributed by atoms with Crippen LogP contribution in [0, 0.1) is 13.8 Å². The van der Waals surface area contributed by atoms with Crippen molar-refractivity contribution in [2.24, 2.45) is 0 Å². The van der Waals surface area contributed by atoms with E-state index in [1.54, 1.807) is 0 Å². The molecule has 1 aromatic carbocycles. The summed E-state index contributed by atoms with van der Waals surface area (Å²) in [6, 6.07) is 10.1. The summed E-state index contributed by atoms with van der Waals surface area (Å²) in [5.74, 6) is 0. The molecule has 1 heterocycles. The summed E-state index contributed by atoms with van der Waals surface area (Å²) >= 11 is 0. The molecule has 0 fully saturated rings. The van der Waals surface area contributed by atoms with E-state index < -0.39 is 0 Å². The van der Waals surface area contributed by atoms with Crippen LogP contribution in [0.3, 0.4) is 0 Å². The SMILES string of the molecule is CCc1cc(NCc2ccccc2C)c(=O)[nH]c1C. The number of rotatable bonds is 4. The monoisotopic (exact) mass is 256 g/mol. The highest BCUT2D eigenvalue weighted by atomic mass is 16.1. The molecule has 2 N–H and O–H groups in total. The number of aromatic nitrogens is 1. The Labute approximate surface area is 113 Å². The lowest BCUT2D eigenvalue weighted by atomic mass is 10.1. The third-order valence-corrected chi connectivity index (χ3v) is 3.46. The van der Waals surface area contributed by atoms with Gasteiger partial charge in [-0.3, -0.25) is 4.79 Å². The van der Waals surface area contributed by atoms with E-state index in [1.165, 1.54) is 16.7 Å². The maximum Gasteiger partial charge on any atom is 0.271 e. The minimum absolute atomic E-state index is 0.0525. The van der Waals surface area contributed by atoms with Crippen molar-refractivity contribution in [3.63, 3.8) is 0 Å². The molecule has 0 spiro atoms. The molecule has 2 aromatic rings. The van der Waals surface area contributed by atoms with Crippen LogP contribution in [0.15, 0.2) is 35.1 Å². The molecule has 0 amide bonds. The van der Waals surface area contributed by atoms with Gasteiger partial charge in [0.05, 0.1) is 0 Å². The first kappa shape index (κ1) is 13.4. The van der Waals surface area contributed by atoms with E-state index in [2.05, 4.69) is 36.3 Å². The highest BCUT2D eigenvalue weighted by molar-refractivity contribution is 5.45. The van der Waals surface area contributed by atoms with Gasteiger partial charge in [0.15, 0.2) is 0 Å². The highest BCUT2D eigenvalue weighted by Gasteiger charge is 2.05. The average Bonchev–Trinajstić information content (AvgIpc) is 2.39. The molecule has 2 rings (SSSR count). The smallest absolute Gasteiger partial charge is 0.271 e. The molecule has 0 unspecified atom stereocenters. The summed E-state index contributed by atoms with van der Waals surface area (Å²) in [5, 5.41) is 3.23. The van der Waals surface area contributed by atoms with Crippen molar-refractivity contribution < 1.29 is 0 Å². The zero-order chi connectivity index (χ0) is 13.8. The number of pyridine rings is 1. The van der Waals surface area contributed by atoms with Gasteiger partial charge in [-0.25, -0.2) is 0 Å². The summed E-state index contributed by atoms with van der Waals surface area (Å²) in [4.78, 5) is 14.8. The van der Waals surface area contributed by atoms with E-state index in [9.17, 15) is 4.79 Å². The molecule has 0 aliphatic carbocycles. The van der Waals surface area contributed by atoms with Gasteiger partial charge >= 0.3 is 0 Å². The van der Waals surface area contributed by atoms with Crippen LogP contribution in [0.5, 0.6) is 0 Å². The van der Waals surface area contributed by atoms with Crippen LogP contribution in [0.25, 0.3) is 0 Å². The molecule has 19 heavy (non-hydrogen) atoms. The second-order valence-electron chi connectivity index (χ2n) is 4.80. The fraction of sp³-hybridized carbons (Fsp3) is 0.312. The zero-order valence-electron chi connectivity index (χ0n) is 11.7. The lowest BCUT2D eigenvalue weighted by Crippen LogP contribution is -2.16. The molecule has 100 valence electrons. The Hall–Kier alpha value is -2.03. The molecule has 0 bridgehead atoms. The van der Waals surface area contributed by atoms with Gasteiger partial charge < -0.3 is 10.3 Å². The van der Waals surface area contributed by atoms with E-state index in [0.29, 0.717) is 12.2 Å². The van der Waals surface area contributed by atoms with Crippen molar-refractivity contribution in [2.75, 3.05) is 5.32 Å². The van der Waals surface area contributed by atoms with E-state index in [0.717, 1.165) is 12.1 Å². The fourth-order valence-electron chi connectivity index (χ4n) is 2.16. The molecule has 0 saturated heterocycles. The van der Waals surface area contributed by atoms with Crippen LogP contribution >= 0.6 is 0 Å². The number of benzene rings is 1. The van der Waals surface area contributed by atoms with Crippen molar-refractivity contribution in [2.45, 2.75) is 33.7 Å². The first-order chi connectivity index (χ1) is 9.11. The van der Waals surface area contributed by atoms with Crippen LogP contribution < -0.4 is 10.9 Å². The molecule has 3 nitrogen and oxygen atoms in total. The van der Waals surface area contributed by atoms with Crippen LogP contribution in [-0.2, 0) is 13.0 Å². The zero-order valence-corrected chi connectivity index (χ0v) is 11.7. The Morgan fingerprint density at radius 1 is 1.16 bits per heavy atom. The van der Waals surface area contributed by atoms with Crippen molar-refractivity contribution in [3.05, 3.63) is 63.1 Å². The van der Waals surface area contributed by atoms with Gasteiger partial charge in [0.1, 0.15) is 5.69 Å².